The highest BCUT2D eigenvalue weighted by Crippen LogP contribution is 2.27. The molecule has 2 aromatic heterocycles. The molecule has 0 spiro atoms. The van der Waals surface area contributed by atoms with Crippen LogP contribution in [0, 0.1) is 0 Å². The number of para-hydroxylation sites is 1. The number of fused-ring (bicyclic) bond motifs is 1. The van der Waals surface area contributed by atoms with Crippen molar-refractivity contribution in [3.63, 3.8) is 0 Å². The molecule has 0 atom stereocenters. The Morgan fingerprint density at radius 2 is 1.83 bits per heavy atom. The second kappa shape index (κ2) is 5.46. The van der Waals surface area contributed by atoms with Crippen LogP contribution in [0.25, 0.3) is 16.8 Å². The van der Waals surface area contributed by atoms with Crippen LogP contribution in [0.1, 0.15) is 0 Å². The third-order valence-corrected chi connectivity index (χ3v) is 3.57. The SMILES string of the molecule is Oc1cccc(-c2cnn3ccc(Nc4ccccc4)nc23)c1. The van der Waals surface area contributed by atoms with Crippen molar-refractivity contribution >= 4 is 17.2 Å². The van der Waals surface area contributed by atoms with Crippen LogP contribution < -0.4 is 5.32 Å². The zero-order valence-corrected chi connectivity index (χ0v) is 12.2. The fraction of sp³-hybridized carbons (Fsp3) is 0. The van der Waals surface area contributed by atoms with Crippen molar-refractivity contribution in [1.29, 1.82) is 0 Å². The van der Waals surface area contributed by atoms with Crippen LogP contribution in [0.4, 0.5) is 11.5 Å². The predicted molar refractivity (Wildman–Crippen MR) is 89.8 cm³/mol. The molecule has 0 aliphatic rings. The molecule has 2 heterocycles. The number of hydrogen-bond acceptors (Lipinski definition) is 4. The summed E-state index contributed by atoms with van der Waals surface area (Å²) >= 11 is 0. The standard InChI is InChI=1S/C18H14N4O/c23-15-8-4-5-13(11-15)16-12-19-22-10-9-17(21-18(16)22)20-14-6-2-1-3-7-14/h1-12,23H,(H,20,21). The lowest BCUT2D eigenvalue weighted by Gasteiger charge is -2.06. The zero-order chi connectivity index (χ0) is 15.6. The first-order valence-corrected chi connectivity index (χ1v) is 7.25. The molecule has 2 N–H and O–H groups in total. The summed E-state index contributed by atoms with van der Waals surface area (Å²) in [5.74, 6) is 0.964. The van der Waals surface area contributed by atoms with Gasteiger partial charge in [-0.15, -0.1) is 0 Å². The molecule has 0 saturated carbocycles. The first-order valence-electron chi connectivity index (χ1n) is 7.25. The molecule has 4 aromatic rings. The summed E-state index contributed by atoms with van der Waals surface area (Å²) in [7, 11) is 0. The van der Waals surface area contributed by atoms with Gasteiger partial charge in [-0.2, -0.15) is 5.10 Å². The summed E-state index contributed by atoms with van der Waals surface area (Å²) < 4.78 is 1.72. The lowest BCUT2D eigenvalue weighted by atomic mass is 10.1. The van der Waals surface area contributed by atoms with Crippen molar-refractivity contribution in [2.45, 2.75) is 0 Å². The van der Waals surface area contributed by atoms with E-state index in [-0.39, 0.29) is 5.75 Å². The first kappa shape index (κ1) is 13.3. The number of aromatic hydroxyl groups is 1. The minimum Gasteiger partial charge on any atom is -0.508 e. The Morgan fingerprint density at radius 3 is 2.65 bits per heavy atom. The largest absolute Gasteiger partial charge is 0.508 e. The van der Waals surface area contributed by atoms with Gasteiger partial charge in [0.1, 0.15) is 11.6 Å². The lowest BCUT2D eigenvalue weighted by molar-refractivity contribution is 0.475. The van der Waals surface area contributed by atoms with Crippen molar-refractivity contribution in [2.24, 2.45) is 0 Å². The van der Waals surface area contributed by atoms with Crippen molar-refractivity contribution in [3.05, 3.63) is 73.1 Å². The minimum absolute atomic E-state index is 0.223. The molecule has 4 rings (SSSR count). The number of anilines is 2. The van der Waals surface area contributed by atoms with Gasteiger partial charge in [0.25, 0.3) is 0 Å². The van der Waals surface area contributed by atoms with Gasteiger partial charge in [-0.25, -0.2) is 9.50 Å². The Hall–Kier alpha value is -3.34. The second-order valence-electron chi connectivity index (χ2n) is 5.18. The second-order valence-corrected chi connectivity index (χ2v) is 5.18. The van der Waals surface area contributed by atoms with Gasteiger partial charge in [0.2, 0.25) is 0 Å². The minimum atomic E-state index is 0.223. The first-order chi connectivity index (χ1) is 11.3. The van der Waals surface area contributed by atoms with E-state index in [9.17, 15) is 5.11 Å². The summed E-state index contributed by atoms with van der Waals surface area (Å²) in [5.41, 5.74) is 3.46. The van der Waals surface area contributed by atoms with E-state index in [0.29, 0.717) is 0 Å². The van der Waals surface area contributed by atoms with Gasteiger partial charge in [0, 0.05) is 17.4 Å². The number of phenols is 1. The number of phenolic OH excluding ortho intramolecular Hbond substituents is 1. The van der Waals surface area contributed by atoms with E-state index in [1.54, 1.807) is 28.9 Å². The van der Waals surface area contributed by atoms with E-state index < -0.39 is 0 Å². The number of aromatic nitrogens is 3. The molecular weight excluding hydrogens is 288 g/mol. The summed E-state index contributed by atoms with van der Waals surface area (Å²) in [5, 5.41) is 17.3. The van der Waals surface area contributed by atoms with Crippen LogP contribution >= 0.6 is 0 Å². The molecule has 23 heavy (non-hydrogen) atoms. The van der Waals surface area contributed by atoms with Crippen LogP contribution in [-0.4, -0.2) is 19.7 Å². The van der Waals surface area contributed by atoms with Crippen LogP contribution in [0.3, 0.4) is 0 Å². The number of nitrogens with zero attached hydrogens (tertiary/aromatic N) is 3. The number of hydrogen-bond donors (Lipinski definition) is 2. The van der Waals surface area contributed by atoms with Crippen LogP contribution in [-0.2, 0) is 0 Å². The lowest BCUT2D eigenvalue weighted by Crippen LogP contribution is -1.97. The van der Waals surface area contributed by atoms with Gasteiger partial charge in [0.05, 0.1) is 6.20 Å². The van der Waals surface area contributed by atoms with E-state index in [1.807, 2.05) is 48.7 Å². The maximum Gasteiger partial charge on any atom is 0.165 e. The molecule has 0 radical (unpaired) electrons. The summed E-state index contributed by atoms with van der Waals surface area (Å²) in [6.45, 7) is 0. The van der Waals surface area contributed by atoms with E-state index >= 15 is 0 Å². The molecule has 0 unspecified atom stereocenters. The maximum atomic E-state index is 9.67. The highest BCUT2D eigenvalue weighted by molar-refractivity contribution is 5.78. The molecule has 112 valence electrons. The average Bonchev–Trinajstić information content (AvgIpc) is 2.99. The van der Waals surface area contributed by atoms with Crippen molar-refractivity contribution in [1.82, 2.24) is 14.6 Å². The molecule has 5 nitrogen and oxygen atoms in total. The average molecular weight is 302 g/mol. The molecule has 0 aliphatic carbocycles. The molecule has 0 amide bonds. The van der Waals surface area contributed by atoms with Gasteiger partial charge >= 0.3 is 0 Å². The zero-order valence-electron chi connectivity index (χ0n) is 12.2. The van der Waals surface area contributed by atoms with Crippen LogP contribution in [0.5, 0.6) is 5.75 Å². The van der Waals surface area contributed by atoms with Gasteiger partial charge in [0.15, 0.2) is 5.65 Å². The van der Waals surface area contributed by atoms with Crippen molar-refractivity contribution < 1.29 is 5.11 Å². The van der Waals surface area contributed by atoms with E-state index in [2.05, 4.69) is 15.4 Å². The molecular formula is C18H14N4O. The smallest absolute Gasteiger partial charge is 0.165 e. The van der Waals surface area contributed by atoms with E-state index in [1.165, 1.54) is 0 Å². The van der Waals surface area contributed by atoms with Crippen molar-refractivity contribution in [3.8, 4) is 16.9 Å². The third-order valence-electron chi connectivity index (χ3n) is 3.57. The Bertz CT molecular complexity index is 963. The fourth-order valence-corrected chi connectivity index (χ4v) is 2.48. The third kappa shape index (κ3) is 2.60. The number of rotatable bonds is 3. The summed E-state index contributed by atoms with van der Waals surface area (Å²) in [6, 6.07) is 18.8. The molecule has 2 aromatic carbocycles. The number of benzene rings is 2. The van der Waals surface area contributed by atoms with Gasteiger partial charge < -0.3 is 10.4 Å². The van der Waals surface area contributed by atoms with Gasteiger partial charge in [-0.05, 0) is 35.9 Å². The summed E-state index contributed by atoms with van der Waals surface area (Å²) in [6.07, 6.45) is 3.61. The van der Waals surface area contributed by atoms with Gasteiger partial charge in [-0.3, -0.25) is 0 Å². The molecule has 5 heteroatoms. The monoisotopic (exact) mass is 302 g/mol. The van der Waals surface area contributed by atoms with Crippen molar-refractivity contribution in [2.75, 3.05) is 5.32 Å². The van der Waals surface area contributed by atoms with Crippen LogP contribution in [0.15, 0.2) is 73.1 Å². The molecule has 0 saturated heterocycles. The Balaban J connectivity index is 1.77. The normalized spacial score (nSPS) is 10.8. The van der Waals surface area contributed by atoms with E-state index in [4.69, 9.17) is 0 Å². The maximum absolute atomic E-state index is 9.67. The van der Waals surface area contributed by atoms with Crippen LogP contribution in [0.2, 0.25) is 0 Å². The van der Waals surface area contributed by atoms with E-state index in [0.717, 1.165) is 28.3 Å². The highest BCUT2D eigenvalue weighted by Gasteiger charge is 2.09. The Morgan fingerprint density at radius 1 is 0.957 bits per heavy atom. The Kier molecular flexibility index (Phi) is 3.16. The number of nitrogens with one attached hydrogen (secondary N) is 1. The quantitative estimate of drug-likeness (QED) is 0.603. The molecule has 0 fully saturated rings. The molecule has 0 aliphatic heterocycles. The summed E-state index contributed by atoms with van der Waals surface area (Å²) in [4.78, 5) is 4.64. The highest BCUT2D eigenvalue weighted by atomic mass is 16.3. The topological polar surface area (TPSA) is 62.5 Å². The predicted octanol–water partition coefficient (Wildman–Crippen LogP) is 3.85. The Labute approximate surface area is 132 Å². The molecule has 0 bridgehead atoms. The fourth-order valence-electron chi connectivity index (χ4n) is 2.48. The van der Waals surface area contributed by atoms with Gasteiger partial charge in [-0.1, -0.05) is 30.3 Å².